The van der Waals surface area contributed by atoms with Crippen LogP contribution >= 0.6 is 27.3 Å². The van der Waals surface area contributed by atoms with Gasteiger partial charge in [-0.25, -0.2) is 13.4 Å². The van der Waals surface area contributed by atoms with Gasteiger partial charge in [-0.1, -0.05) is 0 Å². The molecule has 150 valence electrons. The topological polar surface area (TPSA) is 73.8 Å². The van der Waals surface area contributed by atoms with Gasteiger partial charge in [-0.2, -0.15) is 4.31 Å². The molecule has 10 heteroatoms. The van der Waals surface area contributed by atoms with Crippen molar-refractivity contribution in [3.63, 3.8) is 0 Å². The molecule has 2 aromatic rings. The smallest absolute Gasteiger partial charge is 0.257 e. The van der Waals surface area contributed by atoms with Crippen LogP contribution in [0.25, 0.3) is 0 Å². The van der Waals surface area contributed by atoms with Crippen LogP contribution in [0.2, 0.25) is 0 Å². The number of hydrogen-bond acceptors (Lipinski definition) is 6. The first kappa shape index (κ1) is 19.8. The molecule has 2 saturated heterocycles. The Morgan fingerprint density at radius 3 is 2.39 bits per heavy atom. The zero-order valence-electron chi connectivity index (χ0n) is 15.3. The van der Waals surface area contributed by atoms with Crippen molar-refractivity contribution < 1.29 is 13.2 Å². The summed E-state index contributed by atoms with van der Waals surface area (Å²) in [6.45, 7) is 3.17. The maximum Gasteiger partial charge on any atom is 0.257 e. The van der Waals surface area contributed by atoms with Crippen LogP contribution in [0.4, 0.5) is 5.82 Å². The minimum Gasteiger partial charge on any atom is -0.356 e. The van der Waals surface area contributed by atoms with E-state index in [9.17, 15) is 13.2 Å². The number of amides is 1. The van der Waals surface area contributed by atoms with Gasteiger partial charge >= 0.3 is 0 Å². The molecule has 0 saturated carbocycles. The van der Waals surface area contributed by atoms with Crippen LogP contribution in [-0.4, -0.2) is 67.8 Å². The van der Waals surface area contributed by atoms with Gasteiger partial charge in [0.2, 0.25) is 0 Å². The SMILES string of the molecule is O=C(c1cccnc1N1CCCC1)N1CCN(S(=O)(=O)c2ccc(Br)s2)CC1. The summed E-state index contributed by atoms with van der Waals surface area (Å²) in [7, 11) is -3.51. The fourth-order valence-corrected chi connectivity index (χ4v) is 7.20. The number of halogens is 1. The summed E-state index contributed by atoms with van der Waals surface area (Å²) in [6, 6.07) is 6.94. The first-order valence-corrected chi connectivity index (χ1v) is 12.3. The maximum atomic E-state index is 13.1. The third kappa shape index (κ3) is 3.83. The molecule has 0 aliphatic carbocycles. The summed E-state index contributed by atoms with van der Waals surface area (Å²) in [5.74, 6) is 0.661. The van der Waals surface area contributed by atoms with E-state index in [2.05, 4.69) is 25.8 Å². The predicted octanol–water partition coefficient (Wildman–Crippen LogP) is 2.65. The van der Waals surface area contributed by atoms with Gasteiger partial charge in [0.05, 0.1) is 9.35 Å². The quantitative estimate of drug-likeness (QED) is 0.666. The monoisotopic (exact) mass is 484 g/mol. The van der Waals surface area contributed by atoms with Crippen LogP contribution in [0.1, 0.15) is 23.2 Å². The van der Waals surface area contributed by atoms with Crippen molar-refractivity contribution in [3.05, 3.63) is 39.8 Å². The Bertz CT molecular complexity index is 965. The van der Waals surface area contributed by atoms with Gasteiger partial charge in [0.1, 0.15) is 10.0 Å². The Balaban J connectivity index is 1.46. The minimum atomic E-state index is -3.51. The predicted molar refractivity (Wildman–Crippen MR) is 112 cm³/mol. The number of nitrogens with zero attached hydrogens (tertiary/aromatic N) is 4. The molecule has 0 radical (unpaired) electrons. The molecule has 7 nitrogen and oxygen atoms in total. The second-order valence-corrected chi connectivity index (χ2v) is 11.5. The number of carbonyl (C=O) groups is 1. The summed E-state index contributed by atoms with van der Waals surface area (Å²) in [6.07, 6.45) is 3.94. The number of pyridine rings is 1. The Morgan fingerprint density at radius 1 is 1.04 bits per heavy atom. The van der Waals surface area contributed by atoms with Gasteiger partial charge in [-0.3, -0.25) is 4.79 Å². The van der Waals surface area contributed by atoms with Crippen molar-refractivity contribution in [1.82, 2.24) is 14.2 Å². The molecule has 0 aromatic carbocycles. The molecule has 2 aliphatic rings. The summed E-state index contributed by atoms with van der Waals surface area (Å²) < 4.78 is 28.1. The lowest BCUT2D eigenvalue weighted by atomic mass is 10.2. The van der Waals surface area contributed by atoms with E-state index in [4.69, 9.17) is 0 Å². The van der Waals surface area contributed by atoms with E-state index in [0.717, 1.165) is 35.5 Å². The van der Waals surface area contributed by atoms with Gasteiger partial charge in [-0.05, 0) is 53.0 Å². The second kappa shape index (κ2) is 8.10. The van der Waals surface area contributed by atoms with Gasteiger partial charge < -0.3 is 9.80 Å². The Morgan fingerprint density at radius 2 is 1.75 bits per heavy atom. The molecule has 28 heavy (non-hydrogen) atoms. The van der Waals surface area contributed by atoms with E-state index in [0.29, 0.717) is 36.0 Å². The number of carbonyl (C=O) groups excluding carboxylic acids is 1. The van der Waals surface area contributed by atoms with Crippen molar-refractivity contribution in [1.29, 1.82) is 0 Å². The number of sulfonamides is 1. The van der Waals surface area contributed by atoms with Gasteiger partial charge in [0.15, 0.2) is 0 Å². The summed E-state index contributed by atoms with van der Waals surface area (Å²) in [5, 5.41) is 0. The van der Waals surface area contributed by atoms with Crippen molar-refractivity contribution in [2.75, 3.05) is 44.2 Å². The highest BCUT2D eigenvalue weighted by Gasteiger charge is 2.32. The van der Waals surface area contributed by atoms with Gasteiger partial charge in [0, 0.05) is 45.5 Å². The number of rotatable bonds is 4. The lowest BCUT2D eigenvalue weighted by Gasteiger charge is -2.34. The fourth-order valence-electron chi connectivity index (χ4n) is 3.61. The van der Waals surface area contributed by atoms with E-state index in [1.807, 2.05) is 6.07 Å². The van der Waals surface area contributed by atoms with Crippen LogP contribution in [0.3, 0.4) is 0 Å². The molecule has 2 aromatic heterocycles. The largest absolute Gasteiger partial charge is 0.356 e. The average molecular weight is 485 g/mol. The van der Waals surface area contributed by atoms with E-state index in [1.54, 1.807) is 29.3 Å². The Labute approximate surface area is 177 Å². The van der Waals surface area contributed by atoms with E-state index in [-0.39, 0.29) is 5.91 Å². The number of aromatic nitrogens is 1. The molecule has 2 aliphatic heterocycles. The van der Waals surface area contributed by atoms with Crippen molar-refractivity contribution in [3.8, 4) is 0 Å². The number of piperazine rings is 1. The maximum absolute atomic E-state index is 13.1. The third-order valence-electron chi connectivity index (χ3n) is 5.09. The lowest BCUT2D eigenvalue weighted by Crippen LogP contribution is -2.50. The third-order valence-corrected chi connectivity index (χ3v) is 9.08. The summed E-state index contributed by atoms with van der Waals surface area (Å²) >= 11 is 4.51. The zero-order valence-corrected chi connectivity index (χ0v) is 18.5. The molecule has 0 bridgehead atoms. The normalized spacial score (nSPS) is 18.6. The molecule has 4 heterocycles. The fraction of sp³-hybridized carbons (Fsp3) is 0.444. The molecule has 0 N–H and O–H groups in total. The van der Waals surface area contributed by atoms with Crippen molar-refractivity contribution in [2.24, 2.45) is 0 Å². The highest BCUT2D eigenvalue weighted by molar-refractivity contribution is 9.11. The molecule has 1 amide bonds. The summed E-state index contributed by atoms with van der Waals surface area (Å²) in [5.41, 5.74) is 0.600. The highest BCUT2D eigenvalue weighted by atomic mass is 79.9. The standard InChI is InChI=1S/C18H21BrN4O3S2/c19-15-5-6-16(27-15)28(25,26)23-12-10-22(11-13-23)18(24)14-4-3-7-20-17(14)21-8-1-2-9-21/h3-7H,1-2,8-13H2. The number of thiophene rings is 1. The van der Waals surface area contributed by atoms with Crippen molar-refractivity contribution in [2.45, 2.75) is 17.1 Å². The van der Waals surface area contributed by atoms with Gasteiger partial charge in [0.25, 0.3) is 15.9 Å². The summed E-state index contributed by atoms with van der Waals surface area (Å²) in [4.78, 5) is 21.4. The lowest BCUT2D eigenvalue weighted by molar-refractivity contribution is 0.0698. The zero-order chi connectivity index (χ0) is 19.7. The molecule has 2 fully saturated rings. The van der Waals surface area contributed by atoms with E-state index < -0.39 is 10.0 Å². The van der Waals surface area contributed by atoms with Crippen LogP contribution in [0, 0.1) is 0 Å². The number of hydrogen-bond donors (Lipinski definition) is 0. The van der Waals surface area contributed by atoms with Crippen LogP contribution in [0.15, 0.2) is 38.5 Å². The molecule has 0 spiro atoms. The average Bonchev–Trinajstić information content (AvgIpc) is 3.40. The van der Waals surface area contributed by atoms with Crippen LogP contribution in [-0.2, 0) is 10.0 Å². The van der Waals surface area contributed by atoms with Crippen molar-refractivity contribution >= 4 is 49.0 Å². The molecular weight excluding hydrogens is 464 g/mol. The molecular formula is C18H21BrN4O3S2. The second-order valence-electron chi connectivity index (χ2n) is 6.82. The van der Waals surface area contributed by atoms with Gasteiger partial charge in [-0.15, -0.1) is 11.3 Å². The highest BCUT2D eigenvalue weighted by Crippen LogP contribution is 2.29. The number of anilines is 1. The van der Waals surface area contributed by atoms with Crippen LogP contribution in [0.5, 0.6) is 0 Å². The molecule has 4 rings (SSSR count). The first-order valence-electron chi connectivity index (χ1n) is 9.21. The Kier molecular flexibility index (Phi) is 5.73. The first-order chi connectivity index (χ1) is 13.5. The van der Waals surface area contributed by atoms with E-state index in [1.165, 1.54) is 15.6 Å². The molecule has 0 unspecified atom stereocenters. The Hall–Kier alpha value is -1.49. The van der Waals surface area contributed by atoms with Crippen LogP contribution < -0.4 is 4.90 Å². The minimum absolute atomic E-state index is 0.0779. The van der Waals surface area contributed by atoms with E-state index >= 15 is 0 Å². The molecule has 0 atom stereocenters.